The second-order valence-corrected chi connectivity index (χ2v) is 6.37. The van der Waals surface area contributed by atoms with Crippen LogP contribution in [-0.2, 0) is 4.79 Å². The number of nitrogens with one attached hydrogen (secondary N) is 3. The first kappa shape index (κ1) is 16.9. The highest BCUT2D eigenvalue weighted by atomic mass is 16.4. The maximum Gasteiger partial charge on any atom is 0.307 e. The fraction of sp³-hybridized carbons (Fsp3) is 0.625. The highest BCUT2D eigenvalue weighted by molar-refractivity contribution is 5.70. The number of carbonyl (C=O) groups is 1. The number of carboxylic acid groups (broad SMARTS) is 1. The molecule has 1 saturated heterocycles. The summed E-state index contributed by atoms with van der Waals surface area (Å²) in [6.45, 7) is 6.26. The van der Waals surface area contributed by atoms with Gasteiger partial charge in [0.1, 0.15) is 0 Å². The van der Waals surface area contributed by atoms with Crippen LogP contribution in [0, 0.1) is 17.8 Å². The van der Waals surface area contributed by atoms with Gasteiger partial charge in [-0.15, -0.1) is 0 Å². The van der Waals surface area contributed by atoms with Gasteiger partial charge < -0.3 is 10.4 Å². The Hall–Kier alpha value is -1.50. The summed E-state index contributed by atoms with van der Waals surface area (Å²) in [6.07, 6.45) is 4.34. The van der Waals surface area contributed by atoms with Crippen LogP contribution in [0.2, 0.25) is 0 Å². The summed E-state index contributed by atoms with van der Waals surface area (Å²) in [4.78, 5) is 15.4. The van der Waals surface area contributed by atoms with Crippen LogP contribution in [0.5, 0.6) is 0 Å². The summed E-state index contributed by atoms with van der Waals surface area (Å²) >= 11 is 0. The molecule has 0 radical (unpaired) electrons. The number of hydrogen-bond acceptors (Lipinski definition) is 5. The van der Waals surface area contributed by atoms with Crippen LogP contribution in [0.15, 0.2) is 24.5 Å². The summed E-state index contributed by atoms with van der Waals surface area (Å²) in [7, 11) is 0. The minimum Gasteiger partial charge on any atom is -0.481 e. The molecule has 2 heterocycles. The maximum atomic E-state index is 11.3. The highest BCUT2D eigenvalue weighted by Crippen LogP contribution is 2.23. The van der Waals surface area contributed by atoms with Crippen LogP contribution in [0.1, 0.15) is 31.9 Å². The highest BCUT2D eigenvalue weighted by Gasteiger charge is 2.28. The molecule has 1 aromatic heterocycles. The molecule has 6 heteroatoms. The molecule has 0 amide bonds. The average Bonchev–Trinajstić information content (AvgIpc) is 2.95. The second-order valence-electron chi connectivity index (χ2n) is 6.37. The lowest BCUT2D eigenvalue weighted by Crippen LogP contribution is -2.34. The monoisotopic (exact) mass is 306 g/mol. The van der Waals surface area contributed by atoms with Crippen LogP contribution in [-0.4, -0.2) is 35.7 Å². The number of aliphatic carboxylic acids is 1. The Kier molecular flexibility index (Phi) is 6.30. The van der Waals surface area contributed by atoms with Crippen LogP contribution < -0.4 is 16.2 Å². The molecule has 0 aromatic carbocycles. The number of carboxylic acids is 1. The SMILES string of the molecule is CC(C)CC(CNCC1CNNC1c1cccnc1)C(=O)O. The molecule has 1 aliphatic rings. The smallest absolute Gasteiger partial charge is 0.307 e. The van der Waals surface area contributed by atoms with Gasteiger partial charge in [0.15, 0.2) is 0 Å². The van der Waals surface area contributed by atoms with Gasteiger partial charge in [0.05, 0.1) is 12.0 Å². The zero-order valence-corrected chi connectivity index (χ0v) is 13.2. The quantitative estimate of drug-likeness (QED) is 0.577. The van der Waals surface area contributed by atoms with E-state index >= 15 is 0 Å². The first-order valence-electron chi connectivity index (χ1n) is 7.89. The molecule has 0 saturated carbocycles. The van der Waals surface area contributed by atoms with E-state index in [2.05, 4.69) is 41.1 Å². The van der Waals surface area contributed by atoms with Crippen molar-refractivity contribution in [2.45, 2.75) is 26.3 Å². The molecule has 3 atom stereocenters. The van der Waals surface area contributed by atoms with Crippen molar-refractivity contribution in [1.82, 2.24) is 21.2 Å². The Labute approximate surface area is 131 Å². The summed E-state index contributed by atoms with van der Waals surface area (Å²) in [5, 5.41) is 12.6. The van der Waals surface area contributed by atoms with Crippen molar-refractivity contribution in [3.63, 3.8) is 0 Å². The molecule has 0 aliphatic carbocycles. The third-order valence-electron chi connectivity index (χ3n) is 4.04. The van der Waals surface area contributed by atoms with E-state index in [1.165, 1.54) is 0 Å². The lowest BCUT2D eigenvalue weighted by Gasteiger charge is -2.21. The van der Waals surface area contributed by atoms with Gasteiger partial charge in [-0.3, -0.25) is 15.2 Å². The standard InChI is InChI=1S/C16H26N4O2/c1-11(2)6-13(16(21)22)8-18-9-14-10-19-20-15(14)12-4-3-5-17-7-12/h3-5,7,11,13-15,18-20H,6,8-10H2,1-2H3,(H,21,22). The zero-order valence-electron chi connectivity index (χ0n) is 13.2. The molecule has 6 nitrogen and oxygen atoms in total. The van der Waals surface area contributed by atoms with E-state index in [4.69, 9.17) is 0 Å². The van der Waals surface area contributed by atoms with E-state index in [1.807, 2.05) is 12.3 Å². The number of nitrogens with zero attached hydrogens (tertiary/aromatic N) is 1. The predicted octanol–water partition coefficient (Wildman–Crippen LogP) is 1.18. The van der Waals surface area contributed by atoms with Crippen molar-refractivity contribution >= 4 is 5.97 Å². The topological polar surface area (TPSA) is 86.3 Å². The summed E-state index contributed by atoms with van der Waals surface area (Å²) in [5.41, 5.74) is 7.60. The molecular formula is C16H26N4O2. The van der Waals surface area contributed by atoms with Crippen molar-refractivity contribution < 1.29 is 9.90 Å². The van der Waals surface area contributed by atoms with Gasteiger partial charge in [-0.2, -0.15) is 0 Å². The van der Waals surface area contributed by atoms with Gasteiger partial charge in [0, 0.05) is 37.9 Å². The third-order valence-corrected chi connectivity index (χ3v) is 4.04. The van der Waals surface area contributed by atoms with Gasteiger partial charge in [-0.05, 0) is 24.0 Å². The van der Waals surface area contributed by atoms with E-state index in [0.29, 0.717) is 24.8 Å². The Bertz CT molecular complexity index is 466. The van der Waals surface area contributed by atoms with E-state index in [9.17, 15) is 9.90 Å². The molecule has 4 N–H and O–H groups in total. The van der Waals surface area contributed by atoms with E-state index < -0.39 is 5.97 Å². The minimum atomic E-state index is -0.715. The van der Waals surface area contributed by atoms with Crippen LogP contribution in [0.3, 0.4) is 0 Å². The van der Waals surface area contributed by atoms with Crippen LogP contribution >= 0.6 is 0 Å². The third kappa shape index (κ3) is 4.76. The largest absolute Gasteiger partial charge is 0.481 e. The fourth-order valence-electron chi connectivity index (χ4n) is 2.92. The van der Waals surface area contributed by atoms with E-state index in [0.717, 1.165) is 18.7 Å². The fourth-order valence-corrected chi connectivity index (χ4v) is 2.92. The van der Waals surface area contributed by atoms with E-state index in [1.54, 1.807) is 6.20 Å². The average molecular weight is 306 g/mol. The summed E-state index contributed by atoms with van der Waals surface area (Å²) in [6, 6.07) is 4.20. The van der Waals surface area contributed by atoms with Gasteiger partial charge in [0.25, 0.3) is 0 Å². The van der Waals surface area contributed by atoms with Crippen LogP contribution in [0.25, 0.3) is 0 Å². The van der Waals surface area contributed by atoms with E-state index in [-0.39, 0.29) is 12.0 Å². The van der Waals surface area contributed by atoms with Crippen molar-refractivity contribution in [2.75, 3.05) is 19.6 Å². The summed E-state index contributed by atoms with van der Waals surface area (Å²) in [5.74, 6) is -0.273. The molecule has 1 aliphatic heterocycles. The number of rotatable bonds is 8. The van der Waals surface area contributed by atoms with Gasteiger partial charge in [-0.25, -0.2) is 5.43 Å². The van der Waals surface area contributed by atoms with Crippen molar-refractivity contribution in [3.05, 3.63) is 30.1 Å². The number of aromatic nitrogens is 1. The lowest BCUT2D eigenvalue weighted by molar-refractivity contribution is -0.142. The second kappa shape index (κ2) is 8.22. The first-order valence-corrected chi connectivity index (χ1v) is 7.89. The Morgan fingerprint density at radius 3 is 3.00 bits per heavy atom. The van der Waals surface area contributed by atoms with Crippen molar-refractivity contribution in [3.8, 4) is 0 Å². The molecule has 1 aromatic rings. The molecule has 0 spiro atoms. The maximum absolute atomic E-state index is 11.3. The predicted molar refractivity (Wildman–Crippen MR) is 85.1 cm³/mol. The molecule has 1 fully saturated rings. The van der Waals surface area contributed by atoms with Gasteiger partial charge in [-0.1, -0.05) is 19.9 Å². The number of hydrazine groups is 1. The lowest BCUT2D eigenvalue weighted by atomic mass is 9.94. The Morgan fingerprint density at radius 2 is 2.36 bits per heavy atom. The first-order chi connectivity index (χ1) is 10.6. The summed E-state index contributed by atoms with van der Waals surface area (Å²) < 4.78 is 0. The van der Waals surface area contributed by atoms with Crippen molar-refractivity contribution in [2.24, 2.45) is 17.8 Å². The van der Waals surface area contributed by atoms with Crippen molar-refractivity contribution in [1.29, 1.82) is 0 Å². The van der Waals surface area contributed by atoms with Gasteiger partial charge in [0.2, 0.25) is 0 Å². The zero-order chi connectivity index (χ0) is 15.9. The molecule has 3 unspecified atom stereocenters. The molecule has 22 heavy (non-hydrogen) atoms. The Balaban J connectivity index is 1.84. The molecular weight excluding hydrogens is 280 g/mol. The number of pyridine rings is 1. The Morgan fingerprint density at radius 1 is 1.55 bits per heavy atom. The molecule has 122 valence electrons. The molecule has 2 rings (SSSR count). The molecule has 0 bridgehead atoms. The minimum absolute atomic E-state index is 0.203. The van der Waals surface area contributed by atoms with Crippen LogP contribution in [0.4, 0.5) is 0 Å². The number of hydrogen-bond donors (Lipinski definition) is 4. The normalized spacial score (nSPS) is 22.9. The van der Waals surface area contributed by atoms with Gasteiger partial charge >= 0.3 is 5.97 Å².